The molecule has 0 aliphatic carbocycles. The maximum Gasteiger partial charge on any atom is 0.341 e. The first-order valence-electron chi connectivity index (χ1n) is 37.3. The Hall–Kier alpha value is -12.6. The largest absolute Gasteiger partial charge is 0.495 e. The van der Waals surface area contributed by atoms with Crippen molar-refractivity contribution in [3.05, 3.63) is 238 Å². The Kier molecular flexibility index (Phi) is 36.9. The Morgan fingerprint density at radius 3 is 1.08 bits per heavy atom. The number of aryl methyl sites for hydroxylation is 1. The number of nitrogens with one attached hydrogen (secondary N) is 1. The number of para-hydroxylation sites is 2. The van der Waals surface area contributed by atoms with Crippen LogP contribution in [0.25, 0.3) is 55.6 Å². The van der Waals surface area contributed by atoms with Gasteiger partial charge in [0.15, 0.2) is 0 Å². The fraction of sp³-hybridized carbons (Fsp3) is 0.230. The Balaban J connectivity index is 0.000000197. The van der Waals surface area contributed by atoms with Crippen LogP contribution in [0.5, 0.6) is 17.2 Å². The molecule has 13 N–H and O–H groups in total. The molecule has 0 unspecified atom stereocenters. The van der Waals surface area contributed by atoms with Gasteiger partial charge in [0.1, 0.15) is 75.1 Å². The van der Waals surface area contributed by atoms with E-state index >= 15 is 0 Å². The molecular weight excluding hydrogens is 1640 g/mol. The molecule has 12 aromatic rings. The zero-order valence-corrected chi connectivity index (χ0v) is 72.3. The van der Waals surface area contributed by atoms with Crippen LogP contribution in [0.1, 0.15) is 145 Å². The number of rotatable bonds is 26. The van der Waals surface area contributed by atoms with Gasteiger partial charge in [-0.05, 0) is 139 Å². The van der Waals surface area contributed by atoms with Crippen molar-refractivity contribution in [3.8, 4) is 72.9 Å². The highest BCUT2D eigenvalue weighted by molar-refractivity contribution is 7.18. The zero-order chi connectivity index (χ0) is 86.8. The van der Waals surface area contributed by atoms with E-state index in [1.807, 2.05) is 145 Å². The summed E-state index contributed by atoms with van der Waals surface area (Å²) < 4.78 is 46.3. The molecule has 0 spiro atoms. The fourth-order valence-electron chi connectivity index (χ4n) is 11.1. The molecule has 626 valence electrons. The highest BCUT2D eigenvalue weighted by Gasteiger charge is 2.28. The predicted octanol–water partition coefficient (Wildman–Crippen LogP) is 20.4. The van der Waals surface area contributed by atoms with E-state index in [1.54, 1.807) is 84.2 Å². The lowest BCUT2D eigenvalue weighted by Crippen LogP contribution is -2.13. The van der Waals surface area contributed by atoms with Crippen LogP contribution in [-0.4, -0.2) is 107 Å². The number of benzene rings is 6. The molecule has 1 amide bonds. The first kappa shape index (κ1) is 93.6. The number of ether oxygens (including phenoxy) is 9. The Labute approximate surface area is 713 Å². The maximum absolute atomic E-state index is 12.5. The second-order valence-electron chi connectivity index (χ2n) is 24.6. The van der Waals surface area contributed by atoms with Gasteiger partial charge < -0.3 is 82.4 Å². The van der Waals surface area contributed by atoms with Crippen molar-refractivity contribution >= 4 is 151 Å². The van der Waals surface area contributed by atoms with Crippen LogP contribution in [0.2, 0.25) is 0 Å². The predicted molar refractivity (Wildman–Crippen MR) is 479 cm³/mol. The second kappa shape index (κ2) is 47.0. The van der Waals surface area contributed by atoms with Crippen LogP contribution in [0.15, 0.2) is 179 Å². The Morgan fingerprint density at radius 1 is 0.387 bits per heavy atom. The van der Waals surface area contributed by atoms with Crippen LogP contribution in [0.3, 0.4) is 0 Å². The van der Waals surface area contributed by atoms with Crippen LogP contribution in [0.4, 0.5) is 41.4 Å². The van der Waals surface area contributed by atoms with Gasteiger partial charge in [-0.15, -0.1) is 68.0 Å². The smallest absolute Gasteiger partial charge is 0.341 e. The number of methoxy groups -OCH3 is 1. The molecule has 119 heavy (non-hydrogen) atoms. The highest BCUT2D eigenvalue weighted by atomic mass is 32.1. The summed E-state index contributed by atoms with van der Waals surface area (Å²) >= 11 is 7.66. The highest BCUT2D eigenvalue weighted by Crippen LogP contribution is 2.41. The molecule has 12 rings (SSSR count). The van der Waals surface area contributed by atoms with Crippen LogP contribution < -0.4 is 53.9 Å². The first-order valence-corrected chi connectivity index (χ1v) is 42.5. The number of esters is 6. The molecular formula is C87H94N8O18S6. The molecule has 0 aliphatic rings. The van der Waals surface area contributed by atoms with Crippen LogP contribution >= 0.6 is 68.0 Å². The van der Waals surface area contributed by atoms with Crippen molar-refractivity contribution < 1.29 is 81.1 Å². The summed E-state index contributed by atoms with van der Waals surface area (Å²) in [6, 6.07) is 46.0. The van der Waals surface area contributed by atoms with Gasteiger partial charge in [0, 0.05) is 66.9 Å². The van der Waals surface area contributed by atoms with Gasteiger partial charge in [-0.25, -0.2) is 28.8 Å². The maximum atomic E-state index is 12.5. The standard InChI is InChI=1S/C16H18N2O4S.C16H19NO3S.C15H17NO3S.C14H15NO2S.C13H12N2O4S.C13H13NO2S/c1-4-22-16(20)12-9(2)13(23-14(12)17)15(19)18-10-7-5-6-8-11(10)21-3;1-3-9-20-12-7-5-11(6-8-12)13-10-21-15(17)14(13)16(18)19-4-2;1-3-18-11-7-5-10(6-8-11)12-9-20-14(16)13(12)15(17)19-4-2;1-3-17-14(16)12-11(8-18-13(12)15)10-6-4-9(2)5-7-10;1-2-19-13(16)11-10(7-20-12(11)14)8-4-3-5-9(6-8)15(17)18;1-2-16-13(15)11-10(8-17-12(11)14)9-6-4-3-5-7-9/h5-8H,4,17H2,1-3H3,(H,18,19);5-8,10H,3-4,9,17H2,1-2H3;5-9H,3-4,16H2,1-2H3;4-8H,3,15H2,1-2H3;3-7H,2,14H2,1H3;3-8H,2,14H2,1H3. The summed E-state index contributed by atoms with van der Waals surface area (Å²) in [6.07, 6.45) is 0.968. The minimum Gasteiger partial charge on any atom is -0.495 e. The summed E-state index contributed by atoms with van der Waals surface area (Å²) in [5.74, 6) is -0.681. The molecule has 6 aromatic heterocycles. The molecule has 0 atom stereocenters. The lowest BCUT2D eigenvalue weighted by atomic mass is 10.0. The molecule has 6 aromatic carbocycles. The molecule has 0 saturated heterocycles. The molecule has 26 nitrogen and oxygen atoms in total. The van der Waals surface area contributed by atoms with E-state index < -0.39 is 16.9 Å². The third-order valence-corrected chi connectivity index (χ3v) is 21.8. The average molecular weight is 1730 g/mol. The number of carbonyl (C=O) groups excluding carboxylic acids is 7. The Morgan fingerprint density at radius 2 is 0.723 bits per heavy atom. The van der Waals surface area contributed by atoms with Gasteiger partial charge >= 0.3 is 35.8 Å². The van der Waals surface area contributed by atoms with Crippen molar-refractivity contribution in [2.45, 2.75) is 75.7 Å². The molecule has 0 bridgehead atoms. The molecule has 0 fully saturated rings. The molecule has 0 saturated carbocycles. The summed E-state index contributed by atoms with van der Waals surface area (Å²) in [4.78, 5) is 94.7. The van der Waals surface area contributed by atoms with E-state index in [4.69, 9.17) is 77.0 Å². The van der Waals surface area contributed by atoms with Crippen molar-refractivity contribution in [1.29, 1.82) is 0 Å². The van der Waals surface area contributed by atoms with Crippen molar-refractivity contribution in [1.82, 2.24) is 0 Å². The zero-order valence-electron chi connectivity index (χ0n) is 67.4. The summed E-state index contributed by atoms with van der Waals surface area (Å²) in [6.45, 7) is 21.4. The molecule has 0 radical (unpaired) electrons. The fourth-order valence-corrected chi connectivity index (χ4v) is 16.1. The normalized spacial score (nSPS) is 10.3. The lowest BCUT2D eigenvalue weighted by molar-refractivity contribution is -0.384. The number of nitrogens with two attached hydrogens (primary N) is 6. The minimum absolute atomic E-state index is 0.0397. The van der Waals surface area contributed by atoms with Crippen molar-refractivity contribution in [3.63, 3.8) is 0 Å². The van der Waals surface area contributed by atoms with Crippen molar-refractivity contribution in [2.24, 2.45) is 0 Å². The summed E-state index contributed by atoms with van der Waals surface area (Å²) in [7, 11) is 1.53. The van der Waals surface area contributed by atoms with Gasteiger partial charge in [0.05, 0.1) is 81.0 Å². The number of nitrogens with zero attached hydrogens (tertiary/aromatic N) is 1. The number of anilines is 7. The number of carbonyl (C=O) groups is 7. The monoisotopic (exact) mass is 1730 g/mol. The van der Waals surface area contributed by atoms with Gasteiger partial charge in [-0.1, -0.05) is 116 Å². The summed E-state index contributed by atoms with van der Waals surface area (Å²) in [5, 5.41) is 25.4. The minimum atomic E-state index is -0.521. The topological polar surface area (TPSA) is 414 Å². The number of nitrogen functional groups attached to an aromatic ring is 6. The molecule has 32 heteroatoms. The molecule has 0 aliphatic heterocycles. The third-order valence-electron chi connectivity index (χ3n) is 16.6. The molecule has 6 heterocycles. The first-order chi connectivity index (χ1) is 57.2. The van der Waals surface area contributed by atoms with Gasteiger partial charge in [-0.2, -0.15) is 0 Å². The van der Waals surface area contributed by atoms with E-state index in [2.05, 4.69) is 12.2 Å². The Bertz CT molecular complexity index is 5380. The number of thiophene rings is 6. The summed E-state index contributed by atoms with van der Waals surface area (Å²) in [5.41, 5.74) is 47.9. The van der Waals surface area contributed by atoms with E-state index in [1.165, 1.54) is 81.5 Å². The number of nitro benzene ring substituents is 1. The second-order valence-corrected chi connectivity index (χ2v) is 30.2. The van der Waals surface area contributed by atoms with Crippen LogP contribution in [0, 0.1) is 24.0 Å². The van der Waals surface area contributed by atoms with Gasteiger partial charge in [0.25, 0.3) is 11.6 Å². The van der Waals surface area contributed by atoms with Gasteiger partial charge in [-0.3, -0.25) is 14.9 Å². The van der Waals surface area contributed by atoms with Crippen LogP contribution in [-0.2, 0) is 28.4 Å². The van der Waals surface area contributed by atoms with E-state index in [9.17, 15) is 43.7 Å². The van der Waals surface area contributed by atoms with Crippen molar-refractivity contribution in [2.75, 3.05) is 99.7 Å². The number of hydrogen-bond donors (Lipinski definition) is 7. The van der Waals surface area contributed by atoms with E-state index in [0.717, 1.165) is 73.8 Å². The van der Waals surface area contributed by atoms with E-state index in [-0.39, 0.29) is 64.8 Å². The lowest BCUT2D eigenvalue weighted by Gasteiger charge is -2.09. The van der Waals surface area contributed by atoms with Gasteiger partial charge in [0.2, 0.25) is 0 Å². The number of nitro groups is 1. The average Bonchev–Trinajstić information content (AvgIpc) is 1.72. The number of non-ortho nitro benzene ring substituents is 1. The SMILES string of the molecule is CCCOc1ccc(-c2csc(N)c2C(=O)OCC)cc1.CCOC(=O)c1c(-c2ccc(C)cc2)csc1N.CCOC(=O)c1c(-c2ccc(OCC)cc2)csc1N.CCOC(=O)c1c(-c2cccc([N+](=O)[O-])c2)csc1N.CCOC(=O)c1c(-c2ccccc2)csc1N.CCOC(=O)c1c(N)sc(C(=O)Nc2ccccc2OC)c1C. The quantitative estimate of drug-likeness (QED) is 0.0115. The number of amides is 1. The third kappa shape index (κ3) is 25.5. The van der Waals surface area contributed by atoms with E-state index in [0.29, 0.717) is 120 Å². The number of hydrogen-bond acceptors (Lipinski definition) is 30.